The molecule has 3 aromatic rings. The molecule has 0 bridgehead atoms. The zero-order valence-corrected chi connectivity index (χ0v) is 13.8. The van der Waals surface area contributed by atoms with E-state index < -0.39 is 23.8 Å². The fourth-order valence-electron chi connectivity index (χ4n) is 2.16. The molecule has 27 heavy (non-hydrogen) atoms. The lowest BCUT2D eigenvalue weighted by Crippen LogP contribution is -2.19. The van der Waals surface area contributed by atoms with Crippen molar-refractivity contribution >= 4 is 17.6 Å². The van der Waals surface area contributed by atoms with Gasteiger partial charge in [-0.15, -0.1) is 0 Å². The van der Waals surface area contributed by atoms with E-state index in [1.54, 1.807) is 18.2 Å². The predicted molar refractivity (Wildman–Crippen MR) is 87.3 cm³/mol. The maximum Gasteiger partial charge on any atom is 0.436 e. The fraction of sp³-hybridized carbons (Fsp3) is 0.188. The van der Waals surface area contributed by atoms with Crippen molar-refractivity contribution in [3.63, 3.8) is 0 Å². The van der Waals surface area contributed by atoms with Crippen LogP contribution in [-0.4, -0.2) is 22.8 Å². The normalized spacial score (nSPS) is 11.3. The van der Waals surface area contributed by atoms with Gasteiger partial charge in [0.15, 0.2) is 5.69 Å². The van der Waals surface area contributed by atoms with Gasteiger partial charge in [0, 0.05) is 6.07 Å². The fourth-order valence-corrected chi connectivity index (χ4v) is 2.16. The number of anilines is 2. The third-order valence-electron chi connectivity index (χ3n) is 3.25. The van der Waals surface area contributed by atoms with E-state index in [1.165, 1.54) is 12.5 Å². The van der Waals surface area contributed by atoms with Crippen LogP contribution in [0.3, 0.4) is 0 Å². The minimum Gasteiger partial charge on any atom is -0.494 e. The van der Waals surface area contributed by atoms with Crippen LogP contribution in [0.4, 0.5) is 29.5 Å². The summed E-state index contributed by atoms with van der Waals surface area (Å²) in [4.78, 5) is 16.1. The van der Waals surface area contributed by atoms with Gasteiger partial charge < -0.3 is 19.0 Å². The van der Waals surface area contributed by atoms with E-state index in [0.29, 0.717) is 29.7 Å². The second-order valence-corrected chi connectivity index (χ2v) is 5.13. The van der Waals surface area contributed by atoms with Gasteiger partial charge in [-0.3, -0.25) is 5.32 Å². The van der Waals surface area contributed by atoms with Crippen LogP contribution in [0.5, 0.6) is 5.75 Å². The first-order valence-electron chi connectivity index (χ1n) is 7.65. The Labute approximate surface area is 150 Å². The van der Waals surface area contributed by atoms with Crippen LogP contribution in [-0.2, 0) is 6.18 Å². The molecule has 0 aliphatic rings. The second kappa shape index (κ2) is 7.40. The standard InChI is InChI=1S/C16H13F3N4O4/c1-2-25-9-3-4-11(10(7-9)14-20-5-6-26-14)21-15(24)22-13-8-12(23-27-13)16(17,18)19/h3-8H,2H2,1H3,(H2,21,22,24). The number of amides is 2. The second-order valence-electron chi connectivity index (χ2n) is 5.13. The van der Waals surface area contributed by atoms with E-state index in [9.17, 15) is 18.0 Å². The number of aromatic nitrogens is 2. The minimum atomic E-state index is -4.67. The number of benzene rings is 1. The van der Waals surface area contributed by atoms with Gasteiger partial charge in [0.05, 0.1) is 24.1 Å². The molecule has 11 heteroatoms. The average Bonchev–Trinajstić information content (AvgIpc) is 3.27. The van der Waals surface area contributed by atoms with Gasteiger partial charge in [-0.1, -0.05) is 5.16 Å². The van der Waals surface area contributed by atoms with Crippen molar-refractivity contribution in [3.8, 4) is 17.2 Å². The lowest BCUT2D eigenvalue weighted by atomic mass is 10.1. The number of nitrogens with one attached hydrogen (secondary N) is 2. The molecule has 0 aliphatic heterocycles. The van der Waals surface area contributed by atoms with Crippen molar-refractivity contribution in [2.45, 2.75) is 13.1 Å². The molecular formula is C16H13F3N4O4. The maximum atomic E-state index is 12.5. The zero-order chi connectivity index (χ0) is 19.4. The molecule has 0 saturated heterocycles. The molecule has 0 spiro atoms. The van der Waals surface area contributed by atoms with Crippen LogP contribution < -0.4 is 15.4 Å². The molecule has 2 heterocycles. The monoisotopic (exact) mass is 382 g/mol. The Bertz CT molecular complexity index is 922. The average molecular weight is 382 g/mol. The molecule has 2 amide bonds. The predicted octanol–water partition coefficient (Wildman–Crippen LogP) is 4.39. The van der Waals surface area contributed by atoms with Crippen molar-refractivity contribution in [1.82, 2.24) is 10.1 Å². The molecule has 3 rings (SSSR count). The molecule has 0 unspecified atom stereocenters. The highest BCUT2D eigenvalue weighted by molar-refractivity contribution is 6.01. The lowest BCUT2D eigenvalue weighted by Gasteiger charge is -2.11. The summed E-state index contributed by atoms with van der Waals surface area (Å²) in [5.41, 5.74) is -0.525. The summed E-state index contributed by atoms with van der Waals surface area (Å²) in [5, 5.41) is 7.48. The van der Waals surface area contributed by atoms with Gasteiger partial charge in [-0.2, -0.15) is 13.2 Å². The van der Waals surface area contributed by atoms with Crippen LogP contribution in [0.25, 0.3) is 11.5 Å². The molecule has 0 atom stereocenters. The first kappa shape index (κ1) is 18.3. The number of nitrogens with zero attached hydrogens (tertiary/aromatic N) is 2. The molecule has 0 saturated carbocycles. The van der Waals surface area contributed by atoms with Crippen molar-refractivity contribution in [2.75, 3.05) is 17.2 Å². The van der Waals surface area contributed by atoms with Gasteiger partial charge in [0.2, 0.25) is 11.8 Å². The molecule has 0 radical (unpaired) electrons. The molecule has 0 fully saturated rings. The Kier molecular flexibility index (Phi) is 5.01. The topological polar surface area (TPSA) is 102 Å². The van der Waals surface area contributed by atoms with Gasteiger partial charge in [-0.05, 0) is 25.1 Å². The first-order valence-corrected chi connectivity index (χ1v) is 7.65. The summed E-state index contributed by atoms with van der Waals surface area (Å²) in [7, 11) is 0. The number of rotatable bonds is 5. The summed E-state index contributed by atoms with van der Waals surface area (Å²) >= 11 is 0. The van der Waals surface area contributed by atoms with E-state index in [-0.39, 0.29) is 5.89 Å². The Morgan fingerprint density at radius 2 is 2.07 bits per heavy atom. The Morgan fingerprint density at radius 3 is 2.70 bits per heavy atom. The van der Waals surface area contributed by atoms with Crippen LogP contribution >= 0.6 is 0 Å². The van der Waals surface area contributed by atoms with Gasteiger partial charge in [-0.25, -0.2) is 9.78 Å². The van der Waals surface area contributed by atoms with E-state index >= 15 is 0 Å². The van der Waals surface area contributed by atoms with Crippen LogP contribution in [0, 0.1) is 0 Å². The van der Waals surface area contributed by atoms with Gasteiger partial charge in [0.1, 0.15) is 12.0 Å². The van der Waals surface area contributed by atoms with E-state index in [4.69, 9.17) is 9.15 Å². The maximum absolute atomic E-state index is 12.5. The smallest absolute Gasteiger partial charge is 0.436 e. The van der Waals surface area contributed by atoms with Crippen LogP contribution in [0.1, 0.15) is 12.6 Å². The Balaban J connectivity index is 1.78. The molecular weight excluding hydrogens is 369 g/mol. The number of alkyl halides is 3. The lowest BCUT2D eigenvalue weighted by molar-refractivity contribution is -0.142. The van der Waals surface area contributed by atoms with Crippen molar-refractivity contribution in [2.24, 2.45) is 0 Å². The number of hydrogen-bond donors (Lipinski definition) is 2. The molecule has 8 nitrogen and oxygen atoms in total. The summed E-state index contributed by atoms with van der Waals surface area (Å²) in [6.07, 6.45) is -1.88. The molecule has 2 N–H and O–H groups in total. The van der Waals surface area contributed by atoms with Crippen LogP contribution in [0.2, 0.25) is 0 Å². The molecule has 142 valence electrons. The number of carbonyl (C=O) groups excluding carboxylic acids is 1. The zero-order valence-electron chi connectivity index (χ0n) is 13.8. The van der Waals surface area contributed by atoms with Crippen LogP contribution in [0.15, 0.2) is 45.7 Å². The number of urea groups is 1. The molecule has 2 aromatic heterocycles. The Hall–Kier alpha value is -3.50. The largest absolute Gasteiger partial charge is 0.494 e. The number of halogens is 3. The van der Waals surface area contributed by atoms with Crippen molar-refractivity contribution < 1.29 is 31.6 Å². The molecule has 0 aliphatic carbocycles. The number of ether oxygens (including phenoxy) is 1. The summed E-state index contributed by atoms with van der Waals surface area (Å²) in [5.74, 6) is 0.302. The van der Waals surface area contributed by atoms with Gasteiger partial charge >= 0.3 is 12.2 Å². The third-order valence-corrected chi connectivity index (χ3v) is 3.25. The highest BCUT2D eigenvalue weighted by atomic mass is 19.4. The van der Waals surface area contributed by atoms with E-state index in [2.05, 4.69) is 25.3 Å². The van der Waals surface area contributed by atoms with Crippen molar-refractivity contribution in [1.29, 1.82) is 0 Å². The SMILES string of the molecule is CCOc1ccc(NC(=O)Nc2cc(C(F)(F)F)no2)c(-c2ncco2)c1. The Morgan fingerprint density at radius 1 is 1.26 bits per heavy atom. The van der Waals surface area contributed by atoms with E-state index in [0.717, 1.165) is 0 Å². The quantitative estimate of drug-likeness (QED) is 0.678. The first-order chi connectivity index (χ1) is 12.9. The molecule has 1 aromatic carbocycles. The summed E-state index contributed by atoms with van der Waals surface area (Å²) in [6.45, 7) is 2.25. The third kappa shape index (κ3) is 4.37. The summed E-state index contributed by atoms with van der Waals surface area (Å²) < 4.78 is 52.7. The minimum absolute atomic E-state index is 0.228. The van der Waals surface area contributed by atoms with Crippen molar-refractivity contribution in [3.05, 3.63) is 42.4 Å². The number of hydrogen-bond acceptors (Lipinski definition) is 6. The van der Waals surface area contributed by atoms with Gasteiger partial charge in [0.25, 0.3) is 0 Å². The van der Waals surface area contributed by atoms with E-state index in [1.807, 2.05) is 6.92 Å². The number of oxazole rings is 1. The highest BCUT2D eigenvalue weighted by Crippen LogP contribution is 2.32. The summed E-state index contributed by atoms with van der Waals surface area (Å²) in [6, 6.07) is 4.51. The highest BCUT2D eigenvalue weighted by Gasteiger charge is 2.35. The number of carbonyl (C=O) groups is 1.